The topological polar surface area (TPSA) is 51.0 Å². The molecule has 0 saturated carbocycles. The molecule has 4 heteroatoms. The number of benzene rings is 1. The third kappa shape index (κ3) is 7.97. The van der Waals surface area contributed by atoms with Crippen LogP contribution in [0.25, 0.3) is 0 Å². The van der Waals surface area contributed by atoms with Gasteiger partial charge in [0.05, 0.1) is 18.1 Å². The molecule has 0 atom stereocenters. The van der Waals surface area contributed by atoms with Crippen molar-refractivity contribution in [1.82, 2.24) is 0 Å². The summed E-state index contributed by atoms with van der Waals surface area (Å²) in [5.74, 6) is 3.42. The van der Waals surface area contributed by atoms with Crippen molar-refractivity contribution in [3.05, 3.63) is 77.6 Å². The Morgan fingerprint density at radius 3 is 1.68 bits per heavy atom. The first-order valence-corrected chi connectivity index (χ1v) is 8.31. The molecule has 0 aliphatic carbocycles. The Morgan fingerprint density at radius 1 is 0.720 bits per heavy atom. The van der Waals surface area contributed by atoms with Gasteiger partial charge in [0.2, 0.25) is 0 Å². The van der Waals surface area contributed by atoms with E-state index in [1.54, 1.807) is 19.5 Å². The van der Waals surface area contributed by atoms with Crippen molar-refractivity contribution in [2.75, 3.05) is 7.05 Å². The number of para-hydroxylation sites is 1. The fourth-order valence-electron chi connectivity index (χ4n) is 1.83. The van der Waals surface area contributed by atoms with Gasteiger partial charge in [0, 0.05) is 7.05 Å². The van der Waals surface area contributed by atoms with Crippen LogP contribution in [0, 0.1) is 13.8 Å². The van der Waals surface area contributed by atoms with E-state index in [2.05, 4.69) is 9.98 Å². The van der Waals surface area contributed by atoms with Crippen LogP contribution in [0.15, 0.2) is 73.4 Å². The zero-order valence-electron chi connectivity index (χ0n) is 15.6. The van der Waals surface area contributed by atoms with Crippen molar-refractivity contribution in [1.29, 1.82) is 0 Å². The van der Waals surface area contributed by atoms with E-state index >= 15 is 0 Å². The number of hydrogen-bond acceptors (Lipinski definition) is 4. The molecule has 3 rings (SSSR count). The molecule has 0 aliphatic rings. The molecule has 0 fully saturated rings. The zero-order chi connectivity index (χ0) is 18.5. The molecule has 1 aromatic carbocycles. The largest absolute Gasteiger partial charge is 0.460 e. The number of rotatable bonds is 3. The quantitative estimate of drug-likeness (QED) is 0.550. The summed E-state index contributed by atoms with van der Waals surface area (Å²) in [6.07, 6.45) is 3.41. The molecule has 0 amide bonds. The number of hydrogen-bond donors (Lipinski definition) is 0. The molecule has 0 spiro atoms. The molecule has 0 radical (unpaired) electrons. The van der Waals surface area contributed by atoms with Gasteiger partial charge in [-0.1, -0.05) is 32.0 Å². The molecule has 0 saturated heterocycles. The van der Waals surface area contributed by atoms with Crippen molar-refractivity contribution in [3.63, 3.8) is 0 Å². The lowest BCUT2D eigenvalue weighted by atomic mass is 10.3. The van der Waals surface area contributed by atoms with E-state index in [9.17, 15) is 0 Å². The molecule has 132 valence electrons. The molecule has 3 aromatic rings. The lowest BCUT2D eigenvalue weighted by Crippen LogP contribution is -1.73. The average molecular weight is 338 g/mol. The first-order chi connectivity index (χ1) is 12.2. The van der Waals surface area contributed by atoms with Crippen LogP contribution < -0.4 is 0 Å². The zero-order valence-corrected chi connectivity index (χ0v) is 15.6. The number of aryl methyl sites for hydroxylation is 2. The molecule has 0 bridgehead atoms. The normalized spacial score (nSPS) is 10.3. The molecule has 0 N–H and O–H groups in total. The summed E-state index contributed by atoms with van der Waals surface area (Å²) >= 11 is 0. The second kappa shape index (κ2) is 11.6. The third-order valence-electron chi connectivity index (χ3n) is 2.88. The lowest BCUT2D eigenvalue weighted by molar-refractivity contribution is 0.527. The van der Waals surface area contributed by atoms with E-state index in [4.69, 9.17) is 8.83 Å². The summed E-state index contributed by atoms with van der Waals surface area (Å²) < 4.78 is 10.5. The molecule has 0 unspecified atom stereocenters. The van der Waals surface area contributed by atoms with E-state index in [0.29, 0.717) is 0 Å². The Hall–Kier alpha value is -2.88. The fourth-order valence-corrected chi connectivity index (χ4v) is 1.83. The van der Waals surface area contributed by atoms with Gasteiger partial charge >= 0.3 is 0 Å². The smallest absolute Gasteiger partial charge is 0.145 e. The maximum Gasteiger partial charge on any atom is 0.145 e. The molecule has 2 aromatic heterocycles. The number of furan rings is 2. The monoisotopic (exact) mass is 338 g/mol. The van der Waals surface area contributed by atoms with Gasteiger partial charge in [0.15, 0.2) is 0 Å². The first-order valence-electron chi connectivity index (χ1n) is 8.31. The van der Waals surface area contributed by atoms with Crippen LogP contribution in [0.2, 0.25) is 0 Å². The van der Waals surface area contributed by atoms with E-state index in [1.807, 2.05) is 82.3 Å². The second-order valence-electron chi connectivity index (χ2n) is 4.88. The lowest BCUT2D eigenvalue weighted by Gasteiger charge is -1.89. The Kier molecular flexibility index (Phi) is 9.38. The molecule has 4 nitrogen and oxygen atoms in total. The van der Waals surface area contributed by atoms with Crippen molar-refractivity contribution in [3.8, 4) is 0 Å². The SMILES string of the molecule is CC.CN=Cc1ccc(C)o1.Cc1ccc(C=Nc2ccccc2)o1. The summed E-state index contributed by atoms with van der Waals surface area (Å²) in [5, 5.41) is 0. The minimum absolute atomic E-state index is 0.784. The van der Waals surface area contributed by atoms with Crippen LogP contribution in [0.5, 0.6) is 0 Å². The third-order valence-corrected chi connectivity index (χ3v) is 2.88. The van der Waals surface area contributed by atoms with Crippen molar-refractivity contribution in [2.24, 2.45) is 9.98 Å². The van der Waals surface area contributed by atoms with Gasteiger partial charge in [-0.25, -0.2) is 0 Å². The van der Waals surface area contributed by atoms with E-state index in [0.717, 1.165) is 28.7 Å². The van der Waals surface area contributed by atoms with Gasteiger partial charge in [-0.15, -0.1) is 0 Å². The highest BCUT2D eigenvalue weighted by molar-refractivity contribution is 5.78. The summed E-state index contributed by atoms with van der Waals surface area (Å²) in [6, 6.07) is 17.4. The fraction of sp³-hybridized carbons (Fsp3) is 0.238. The Balaban J connectivity index is 0.000000246. The number of aliphatic imine (C=N–C) groups is 2. The second-order valence-corrected chi connectivity index (χ2v) is 4.88. The van der Waals surface area contributed by atoms with Crippen molar-refractivity contribution < 1.29 is 8.83 Å². The summed E-state index contributed by atoms with van der Waals surface area (Å²) in [4.78, 5) is 8.07. The van der Waals surface area contributed by atoms with Gasteiger partial charge in [-0.3, -0.25) is 9.98 Å². The van der Waals surface area contributed by atoms with Crippen molar-refractivity contribution in [2.45, 2.75) is 27.7 Å². The summed E-state index contributed by atoms with van der Waals surface area (Å²) in [6.45, 7) is 7.83. The van der Waals surface area contributed by atoms with Crippen LogP contribution >= 0.6 is 0 Å². The van der Waals surface area contributed by atoms with Gasteiger partial charge in [-0.05, 0) is 50.2 Å². The van der Waals surface area contributed by atoms with E-state index < -0.39 is 0 Å². The van der Waals surface area contributed by atoms with E-state index in [-0.39, 0.29) is 0 Å². The van der Waals surface area contributed by atoms with Crippen LogP contribution in [0.1, 0.15) is 36.9 Å². The standard InChI is InChI=1S/C12H11NO.C7H9NO.C2H6/c1-10-7-8-12(14-10)9-13-11-5-3-2-4-6-11;1-6-3-4-7(9-6)5-8-2;1-2/h2-9H,1H3;3-5H,1-2H3;1-2H3. The summed E-state index contributed by atoms with van der Waals surface area (Å²) in [7, 11) is 1.72. The Bertz CT molecular complexity index is 768. The highest BCUT2D eigenvalue weighted by atomic mass is 16.3. The molecule has 25 heavy (non-hydrogen) atoms. The highest BCUT2D eigenvalue weighted by Crippen LogP contribution is 2.10. The first kappa shape index (κ1) is 20.2. The highest BCUT2D eigenvalue weighted by Gasteiger charge is 1.93. The Labute approximate surface area is 149 Å². The number of nitrogens with zero attached hydrogens (tertiary/aromatic N) is 2. The van der Waals surface area contributed by atoms with Crippen molar-refractivity contribution >= 4 is 18.1 Å². The predicted octanol–water partition coefficient (Wildman–Crippen LogP) is 6.00. The summed E-state index contributed by atoms with van der Waals surface area (Å²) in [5.41, 5.74) is 0.932. The van der Waals surface area contributed by atoms with Gasteiger partial charge in [-0.2, -0.15) is 0 Å². The van der Waals surface area contributed by atoms with Crippen LogP contribution in [0.3, 0.4) is 0 Å². The van der Waals surface area contributed by atoms with E-state index in [1.165, 1.54) is 0 Å². The Morgan fingerprint density at radius 2 is 1.24 bits per heavy atom. The maximum absolute atomic E-state index is 5.36. The van der Waals surface area contributed by atoms with Crippen LogP contribution in [-0.2, 0) is 0 Å². The molecular formula is C21H26N2O2. The average Bonchev–Trinajstić information content (AvgIpc) is 3.25. The minimum atomic E-state index is 0.784. The molecular weight excluding hydrogens is 312 g/mol. The molecule has 2 heterocycles. The van der Waals surface area contributed by atoms with Crippen LogP contribution in [-0.4, -0.2) is 19.5 Å². The minimum Gasteiger partial charge on any atom is -0.460 e. The predicted molar refractivity (Wildman–Crippen MR) is 105 cm³/mol. The maximum atomic E-state index is 5.36. The van der Waals surface area contributed by atoms with Gasteiger partial charge in [0.1, 0.15) is 23.0 Å². The van der Waals surface area contributed by atoms with Gasteiger partial charge < -0.3 is 8.83 Å². The van der Waals surface area contributed by atoms with Crippen LogP contribution in [0.4, 0.5) is 5.69 Å². The van der Waals surface area contributed by atoms with Gasteiger partial charge in [0.25, 0.3) is 0 Å². The molecule has 0 aliphatic heterocycles.